The standard InChI is InChI=1S/C11H27N3/c1-11(12)7-5-6-8-14(4)10-9-13(2)3/h11H,5-10,12H2,1-4H3. The molecule has 3 heteroatoms. The van der Waals surface area contributed by atoms with Crippen molar-refractivity contribution in [3.8, 4) is 0 Å². The summed E-state index contributed by atoms with van der Waals surface area (Å²) in [5, 5.41) is 0. The van der Waals surface area contributed by atoms with Crippen LogP contribution in [0.2, 0.25) is 0 Å². The van der Waals surface area contributed by atoms with E-state index in [2.05, 4.69) is 37.9 Å². The smallest absolute Gasteiger partial charge is 0.0106 e. The lowest BCUT2D eigenvalue weighted by atomic mass is 10.1. The van der Waals surface area contributed by atoms with Gasteiger partial charge in [0, 0.05) is 19.1 Å². The van der Waals surface area contributed by atoms with Crippen LogP contribution in [0.25, 0.3) is 0 Å². The first-order chi connectivity index (χ1) is 6.52. The maximum atomic E-state index is 5.69. The topological polar surface area (TPSA) is 32.5 Å². The van der Waals surface area contributed by atoms with Crippen LogP contribution in [0.4, 0.5) is 0 Å². The van der Waals surface area contributed by atoms with Crippen LogP contribution in [-0.4, -0.2) is 56.6 Å². The Morgan fingerprint density at radius 3 is 2.14 bits per heavy atom. The second-order valence-corrected chi connectivity index (χ2v) is 4.58. The molecule has 0 amide bonds. The van der Waals surface area contributed by atoms with Crippen LogP contribution in [0.5, 0.6) is 0 Å². The molecule has 0 fully saturated rings. The molecule has 0 bridgehead atoms. The normalized spacial score (nSPS) is 13.9. The van der Waals surface area contributed by atoms with E-state index in [1.807, 2.05) is 0 Å². The molecule has 0 aliphatic heterocycles. The lowest BCUT2D eigenvalue weighted by Gasteiger charge is -2.19. The van der Waals surface area contributed by atoms with E-state index in [4.69, 9.17) is 5.73 Å². The summed E-state index contributed by atoms with van der Waals surface area (Å²) in [6.07, 6.45) is 3.68. The number of nitrogens with two attached hydrogens (primary N) is 1. The third kappa shape index (κ3) is 9.96. The fourth-order valence-corrected chi connectivity index (χ4v) is 1.33. The lowest BCUT2D eigenvalue weighted by Crippen LogP contribution is -2.29. The summed E-state index contributed by atoms with van der Waals surface area (Å²) in [6, 6.07) is 0.363. The van der Waals surface area contributed by atoms with Gasteiger partial charge in [-0.3, -0.25) is 0 Å². The Morgan fingerprint density at radius 2 is 1.64 bits per heavy atom. The van der Waals surface area contributed by atoms with E-state index in [1.165, 1.54) is 19.4 Å². The third-order valence-corrected chi connectivity index (χ3v) is 2.38. The zero-order valence-electron chi connectivity index (χ0n) is 10.3. The highest BCUT2D eigenvalue weighted by Crippen LogP contribution is 1.99. The summed E-state index contributed by atoms with van der Waals surface area (Å²) in [7, 11) is 6.42. The van der Waals surface area contributed by atoms with Gasteiger partial charge in [0.15, 0.2) is 0 Å². The van der Waals surface area contributed by atoms with Crippen LogP contribution in [0, 0.1) is 0 Å². The number of likely N-dealkylation sites (N-methyl/N-ethyl adjacent to an activating group) is 2. The van der Waals surface area contributed by atoms with Gasteiger partial charge in [-0.2, -0.15) is 0 Å². The van der Waals surface area contributed by atoms with Gasteiger partial charge in [0.25, 0.3) is 0 Å². The summed E-state index contributed by atoms with van der Waals surface area (Å²) < 4.78 is 0. The molecule has 0 radical (unpaired) electrons. The molecule has 0 spiro atoms. The van der Waals surface area contributed by atoms with Crippen LogP contribution >= 0.6 is 0 Å². The van der Waals surface area contributed by atoms with Gasteiger partial charge < -0.3 is 15.5 Å². The first-order valence-corrected chi connectivity index (χ1v) is 5.61. The Morgan fingerprint density at radius 1 is 1.00 bits per heavy atom. The van der Waals surface area contributed by atoms with E-state index < -0.39 is 0 Å². The molecule has 0 saturated heterocycles. The van der Waals surface area contributed by atoms with Crippen LogP contribution in [0.1, 0.15) is 26.2 Å². The van der Waals surface area contributed by atoms with Gasteiger partial charge in [-0.25, -0.2) is 0 Å². The van der Waals surface area contributed by atoms with Crippen molar-refractivity contribution in [2.24, 2.45) is 5.73 Å². The van der Waals surface area contributed by atoms with E-state index >= 15 is 0 Å². The predicted octanol–water partition coefficient (Wildman–Crippen LogP) is 0.997. The molecular formula is C11H27N3. The number of rotatable bonds is 8. The molecule has 1 atom stereocenters. The summed E-state index contributed by atoms with van der Waals surface area (Å²) in [5.41, 5.74) is 5.69. The van der Waals surface area contributed by atoms with Crippen LogP contribution in [0.15, 0.2) is 0 Å². The fraction of sp³-hybridized carbons (Fsp3) is 1.00. The molecule has 1 unspecified atom stereocenters. The molecule has 14 heavy (non-hydrogen) atoms. The van der Waals surface area contributed by atoms with Crippen molar-refractivity contribution in [3.05, 3.63) is 0 Å². The van der Waals surface area contributed by atoms with E-state index in [9.17, 15) is 0 Å². The zero-order valence-corrected chi connectivity index (χ0v) is 10.3. The molecule has 0 aromatic rings. The molecule has 0 saturated carbocycles. The van der Waals surface area contributed by atoms with Crippen molar-refractivity contribution in [2.45, 2.75) is 32.2 Å². The molecule has 0 aliphatic carbocycles. The van der Waals surface area contributed by atoms with Gasteiger partial charge in [0.2, 0.25) is 0 Å². The highest BCUT2D eigenvalue weighted by atomic mass is 15.1. The third-order valence-electron chi connectivity index (χ3n) is 2.38. The van der Waals surface area contributed by atoms with E-state index in [0.717, 1.165) is 19.5 Å². The minimum atomic E-state index is 0.363. The van der Waals surface area contributed by atoms with Gasteiger partial charge in [-0.05, 0) is 47.5 Å². The number of unbranched alkanes of at least 4 members (excludes halogenated alkanes) is 1. The molecule has 0 heterocycles. The average molecular weight is 201 g/mol. The maximum absolute atomic E-state index is 5.69. The molecule has 0 aliphatic rings. The summed E-state index contributed by atoms with van der Waals surface area (Å²) in [6.45, 7) is 5.57. The monoisotopic (exact) mass is 201 g/mol. The molecule has 0 rings (SSSR count). The van der Waals surface area contributed by atoms with E-state index in [-0.39, 0.29) is 0 Å². The van der Waals surface area contributed by atoms with Crippen LogP contribution < -0.4 is 5.73 Å². The quantitative estimate of drug-likeness (QED) is 0.595. The Labute approximate surface area is 89.2 Å². The van der Waals surface area contributed by atoms with Crippen molar-refractivity contribution < 1.29 is 0 Å². The minimum absolute atomic E-state index is 0.363. The van der Waals surface area contributed by atoms with Crippen molar-refractivity contribution in [2.75, 3.05) is 40.8 Å². The first kappa shape index (κ1) is 13.9. The Bertz CT molecular complexity index is 124. The van der Waals surface area contributed by atoms with Crippen molar-refractivity contribution in [1.29, 1.82) is 0 Å². The Balaban J connectivity index is 3.22. The van der Waals surface area contributed by atoms with Gasteiger partial charge in [-0.15, -0.1) is 0 Å². The zero-order chi connectivity index (χ0) is 11.0. The Kier molecular flexibility index (Phi) is 8.14. The first-order valence-electron chi connectivity index (χ1n) is 5.61. The van der Waals surface area contributed by atoms with Crippen molar-refractivity contribution in [1.82, 2.24) is 9.80 Å². The minimum Gasteiger partial charge on any atom is -0.328 e. The van der Waals surface area contributed by atoms with E-state index in [0.29, 0.717) is 6.04 Å². The lowest BCUT2D eigenvalue weighted by molar-refractivity contribution is 0.276. The maximum Gasteiger partial charge on any atom is 0.0106 e. The highest BCUT2D eigenvalue weighted by molar-refractivity contribution is 4.57. The predicted molar refractivity (Wildman–Crippen MR) is 63.6 cm³/mol. The summed E-state index contributed by atoms with van der Waals surface area (Å²) in [4.78, 5) is 4.61. The summed E-state index contributed by atoms with van der Waals surface area (Å²) >= 11 is 0. The second-order valence-electron chi connectivity index (χ2n) is 4.58. The van der Waals surface area contributed by atoms with Crippen LogP contribution in [-0.2, 0) is 0 Å². The van der Waals surface area contributed by atoms with Gasteiger partial charge in [0.05, 0.1) is 0 Å². The largest absolute Gasteiger partial charge is 0.328 e. The SMILES string of the molecule is CC(N)CCCCN(C)CCN(C)C. The van der Waals surface area contributed by atoms with Crippen LogP contribution in [0.3, 0.4) is 0 Å². The molecule has 86 valence electrons. The summed E-state index contributed by atoms with van der Waals surface area (Å²) in [5.74, 6) is 0. The van der Waals surface area contributed by atoms with Crippen molar-refractivity contribution in [3.63, 3.8) is 0 Å². The average Bonchev–Trinajstić information content (AvgIpc) is 2.08. The van der Waals surface area contributed by atoms with E-state index in [1.54, 1.807) is 0 Å². The fourth-order valence-electron chi connectivity index (χ4n) is 1.33. The van der Waals surface area contributed by atoms with Gasteiger partial charge in [-0.1, -0.05) is 6.42 Å². The highest BCUT2D eigenvalue weighted by Gasteiger charge is 1.99. The molecule has 2 N–H and O–H groups in total. The molecule has 0 aromatic heterocycles. The van der Waals surface area contributed by atoms with Gasteiger partial charge >= 0.3 is 0 Å². The number of hydrogen-bond acceptors (Lipinski definition) is 3. The molecule has 3 nitrogen and oxygen atoms in total. The van der Waals surface area contributed by atoms with Gasteiger partial charge in [0.1, 0.15) is 0 Å². The number of hydrogen-bond donors (Lipinski definition) is 1. The molecule has 0 aromatic carbocycles. The number of nitrogens with zero attached hydrogens (tertiary/aromatic N) is 2. The molecular weight excluding hydrogens is 174 g/mol. The second kappa shape index (κ2) is 8.21. The Hall–Kier alpha value is -0.120. The van der Waals surface area contributed by atoms with Crippen molar-refractivity contribution >= 4 is 0 Å².